The lowest BCUT2D eigenvalue weighted by atomic mass is 10.3. The first-order valence-electron chi connectivity index (χ1n) is 5.88. The molecule has 0 fully saturated rings. The highest BCUT2D eigenvalue weighted by Crippen LogP contribution is 2.22. The predicted molar refractivity (Wildman–Crippen MR) is 63.2 cm³/mol. The zero-order valence-electron chi connectivity index (χ0n) is 10.6. The van der Waals surface area contributed by atoms with Gasteiger partial charge in [-0.3, -0.25) is 4.79 Å². The van der Waals surface area contributed by atoms with Crippen molar-refractivity contribution in [1.82, 2.24) is 10.1 Å². The highest BCUT2D eigenvalue weighted by Gasteiger charge is 2.34. The second kappa shape index (κ2) is 6.00. The molecule has 0 aromatic carbocycles. The van der Waals surface area contributed by atoms with E-state index in [0.29, 0.717) is 10.7 Å². The molecule has 0 aliphatic heterocycles. The summed E-state index contributed by atoms with van der Waals surface area (Å²) in [5.74, 6) is -0.562. The Morgan fingerprint density at radius 2 is 2.14 bits per heavy atom. The number of aliphatic hydroxyl groups excluding tert-OH is 1. The molecule has 2 rings (SSSR count). The number of amides is 1. The van der Waals surface area contributed by atoms with Crippen molar-refractivity contribution in [2.24, 2.45) is 0 Å². The predicted octanol–water partition coefficient (Wildman–Crippen LogP) is 1.93. The molecule has 2 aromatic rings. The highest BCUT2D eigenvalue weighted by molar-refractivity contribution is 5.93. The van der Waals surface area contributed by atoms with Crippen LogP contribution in [0, 0.1) is 0 Å². The van der Waals surface area contributed by atoms with Crippen molar-refractivity contribution in [1.29, 1.82) is 0 Å². The minimum atomic E-state index is -4.57. The van der Waals surface area contributed by atoms with Crippen molar-refractivity contribution in [3.8, 4) is 11.5 Å². The molecule has 9 heteroatoms. The van der Waals surface area contributed by atoms with Gasteiger partial charge in [-0.05, 0) is 12.1 Å². The third kappa shape index (κ3) is 3.85. The molecule has 2 heterocycles. The molecule has 0 radical (unpaired) electrons. The summed E-state index contributed by atoms with van der Waals surface area (Å²) in [6.07, 6.45) is -3.19. The first-order chi connectivity index (χ1) is 9.90. The van der Waals surface area contributed by atoms with Crippen LogP contribution in [-0.2, 0) is 0 Å². The van der Waals surface area contributed by atoms with Crippen LogP contribution in [0.4, 0.5) is 13.2 Å². The zero-order valence-corrected chi connectivity index (χ0v) is 10.6. The van der Waals surface area contributed by atoms with Gasteiger partial charge in [-0.25, -0.2) is 0 Å². The summed E-state index contributed by atoms with van der Waals surface area (Å²) in [6, 6.07) is 4.32. The number of hydrogen-bond donors (Lipinski definition) is 1. The summed E-state index contributed by atoms with van der Waals surface area (Å²) in [4.78, 5) is 12.4. The number of rotatable bonds is 5. The molecule has 0 aliphatic carbocycles. The van der Waals surface area contributed by atoms with E-state index < -0.39 is 31.8 Å². The van der Waals surface area contributed by atoms with Gasteiger partial charge in [0.15, 0.2) is 11.5 Å². The van der Waals surface area contributed by atoms with E-state index in [-0.39, 0.29) is 11.5 Å². The lowest BCUT2D eigenvalue weighted by Crippen LogP contribution is -2.40. The molecule has 1 amide bonds. The Kier molecular flexibility index (Phi) is 4.32. The van der Waals surface area contributed by atoms with Crippen molar-refractivity contribution in [2.75, 3.05) is 19.7 Å². The van der Waals surface area contributed by atoms with E-state index in [0.717, 1.165) is 0 Å². The number of carbonyl (C=O) groups excluding carboxylic acids is 1. The van der Waals surface area contributed by atoms with Crippen molar-refractivity contribution in [3.63, 3.8) is 0 Å². The Hall–Kier alpha value is -2.29. The first kappa shape index (κ1) is 15.1. The van der Waals surface area contributed by atoms with Crippen LogP contribution in [0.1, 0.15) is 10.5 Å². The largest absolute Gasteiger partial charge is 0.461 e. The maximum absolute atomic E-state index is 12.4. The van der Waals surface area contributed by atoms with E-state index in [2.05, 4.69) is 5.16 Å². The molecule has 2 aromatic heterocycles. The average Bonchev–Trinajstić information content (AvgIpc) is 3.06. The number of halogens is 3. The number of hydrogen-bond acceptors (Lipinski definition) is 5. The molecule has 0 atom stereocenters. The van der Waals surface area contributed by atoms with E-state index in [1.165, 1.54) is 12.3 Å². The van der Waals surface area contributed by atoms with Gasteiger partial charge in [0.25, 0.3) is 5.91 Å². The number of alkyl halides is 3. The molecule has 6 nitrogen and oxygen atoms in total. The summed E-state index contributed by atoms with van der Waals surface area (Å²) in [7, 11) is 0. The third-order valence-electron chi connectivity index (χ3n) is 2.52. The van der Waals surface area contributed by atoms with Crippen LogP contribution in [0.2, 0.25) is 0 Å². The molecule has 114 valence electrons. The van der Waals surface area contributed by atoms with Gasteiger partial charge in [0, 0.05) is 12.6 Å². The lowest BCUT2D eigenvalue weighted by molar-refractivity contribution is -0.141. The van der Waals surface area contributed by atoms with E-state index in [1.807, 2.05) is 0 Å². The number of nitrogens with zero attached hydrogens (tertiary/aromatic N) is 2. The average molecular weight is 304 g/mol. The Morgan fingerprint density at radius 1 is 1.38 bits per heavy atom. The van der Waals surface area contributed by atoms with Gasteiger partial charge in [0.1, 0.15) is 6.54 Å². The molecular weight excluding hydrogens is 293 g/mol. The fourth-order valence-corrected chi connectivity index (χ4v) is 1.66. The van der Waals surface area contributed by atoms with Crippen molar-refractivity contribution >= 4 is 5.91 Å². The van der Waals surface area contributed by atoms with Gasteiger partial charge < -0.3 is 18.9 Å². The maximum atomic E-state index is 12.4. The fourth-order valence-electron chi connectivity index (χ4n) is 1.66. The number of carbonyl (C=O) groups is 1. The van der Waals surface area contributed by atoms with Crippen molar-refractivity contribution in [2.45, 2.75) is 6.18 Å². The quantitative estimate of drug-likeness (QED) is 0.913. The van der Waals surface area contributed by atoms with Crippen LogP contribution >= 0.6 is 0 Å². The van der Waals surface area contributed by atoms with Gasteiger partial charge >= 0.3 is 6.18 Å². The zero-order chi connectivity index (χ0) is 15.5. The standard InChI is InChI=1S/C12H11F3N2O4/c13-12(14,15)7-17(3-4-18)11(19)8-6-10(21-16-8)9-2-1-5-20-9/h1-2,5-6,18H,3-4,7H2. The molecule has 0 saturated carbocycles. The smallest absolute Gasteiger partial charge is 0.406 e. The summed E-state index contributed by atoms with van der Waals surface area (Å²) < 4.78 is 47.1. The van der Waals surface area contributed by atoms with Crippen LogP contribution in [0.5, 0.6) is 0 Å². The second-order valence-corrected chi connectivity index (χ2v) is 4.12. The van der Waals surface area contributed by atoms with Crippen LogP contribution < -0.4 is 0 Å². The topological polar surface area (TPSA) is 79.7 Å². The molecule has 1 N–H and O–H groups in total. The fraction of sp³-hybridized carbons (Fsp3) is 0.333. The summed E-state index contributed by atoms with van der Waals surface area (Å²) in [6.45, 7) is -2.53. The van der Waals surface area contributed by atoms with Gasteiger partial charge in [-0.1, -0.05) is 5.16 Å². The van der Waals surface area contributed by atoms with Crippen LogP contribution in [0.15, 0.2) is 33.4 Å². The third-order valence-corrected chi connectivity index (χ3v) is 2.52. The number of furan rings is 1. The van der Waals surface area contributed by atoms with Crippen molar-refractivity contribution < 1.29 is 32.0 Å². The van der Waals surface area contributed by atoms with Crippen molar-refractivity contribution in [3.05, 3.63) is 30.2 Å². The minimum absolute atomic E-state index is 0.124. The van der Waals surface area contributed by atoms with E-state index in [1.54, 1.807) is 12.1 Å². The van der Waals surface area contributed by atoms with Crippen LogP contribution in [-0.4, -0.2) is 46.9 Å². The minimum Gasteiger partial charge on any atom is -0.461 e. The molecule has 21 heavy (non-hydrogen) atoms. The van der Waals surface area contributed by atoms with Gasteiger partial charge in [-0.15, -0.1) is 0 Å². The Balaban J connectivity index is 2.17. The number of aliphatic hydroxyl groups is 1. The molecule has 0 aliphatic rings. The van der Waals surface area contributed by atoms with E-state index >= 15 is 0 Å². The van der Waals surface area contributed by atoms with Crippen LogP contribution in [0.3, 0.4) is 0 Å². The Morgan fingerprint density at radius 3 is 2.71 bits per heavy atom. The van der Waals surface area contributed by atoms with Crippen LogP contribution in [0.25, 0.3) is 11.5 Å². The molecule has 0 bridgehead atoms. The Labute approximate surface area is 116 Å². The summed E-state index contributed by atoms with van der Waals surface area (Å²) in [5.41, 5.74) is -0.293. The lowest BCUT2D eigenvalue weighted by Gasteiger charge is -2.21. The molecule has 0 unspecified atom stereocenters. The molecule has 0 saturated heterocycles. The highest BCUT2D eigenvalue weighted by atomic mass is 19.4. The van der Waals surface area contributed by atoms with E-state index in [9.17, 15) is 18.0 Å². The second-order valence-electron chi connectivity index (χ2n) is 4.12. The SMILES string of the molecule is O=C(c1cc(-c2ccco2)on1)N(CCO)CC(F)(F)F. The summed E-state index contributed by atoms with van der Waals surface area (Å²) >= 11 is 0. The Bertz CT molecular complexity index is 592. The maximum Gasteiger partial charge on any atom is 0.406 e. The monoisotopic (exact) mass is 304 g/mol. The van der Waals surface area contributed by atoms with Gasteiger partial charge in [-0.2, -0.15) is 13.2 Å². The number of aromatic nitrogens is 1. The van der Waals surface area contributed by atoms with Gasteiger partial charge in [0.05, 0.1) is 12.9 Å². The molecular formula is C12H11F3N2O4. The normalized spacial score (nSPS) is 11.6. The summed E-state index contributed by atoms with van der Waals surface area (Å²) in [5, 5.41) is 12.2. The van der Waals surface area contributed by atoms with E-state index in [4.69, 9.17) is 14.0 Å². The van der Waals surface area contributed by atoms with Gasteiger partial charge in [0.2, 0.25) is 5.76 Å². The molecule has 0 spiro atoms. The first-order valence-corrected chi connectivity index (χ1v) is 5.88.